The molecule has 0 saturated carbocycles. The van der Waals surface area contributed by atoms with Gasteiger partial charge < -0.3 is 32.1 Å². The number of aliphatic hydroxyl groups excluding tert-OH is 1. The summed E-state index contributed by atoms with van der Waals surface area (Å²) in [6.07, 6.45) is -8.00. The average molecular weight is 700 g/mol. The van der Waals surface area contributed by atoms with Gasteiger partial charge in [0.1, 0.15) is 12.1 Å². The number of primary amides is 1. The van der Waals surface area contributed by atoms with Crippen LogP contribution in [0.15, 0.2) is 84.9 Å². The zero-order valence-electron chi connectivity index (χ0n) is 28.1. The van der Waals surface area contributed by atoms with Crippen LogP contribution in [-0.2, 0) is 25.6 Å². The highest BCUT2D eigenvalue weighted by Crippen LogP contribution is 2.24. The molecule has 0 aliphatic heterocycles. The minimum atomic E-state index is -5.10. The molecule has 0 spiro atoms. The first-order valence-electron chi connectivity index (χ1n) is 16.1. The number of halogens is 3. The highest BCUT2D eigenvalue weighted by atomic mass is 19.4. The average Bonchev–Trinajstić information content (AvgIpc) is 3.09. The largest absolute Gasteiger partial charge is 0.416 e. The van der Waals surface area contributed by atoms with Crippen LogP contribution < -0.4 is 27.0 Å². The molecule has 50 heavy (non-hydrogen) atoms. The van der Waals surface area contributed by atoms with Crippen LogP contribution in [-0.4, -0.2) is 71.6 Å². The molecule has 4 atom stereocenters. The summed E-state index contributed by atoms with van der Waals surface area (Å²) in [7, 11) is 0. The molecule has 0 bridgehead atoms. The van der Waals surface area contributed by atoms with E-state index in [0.717, 1.165) is 11.1 Å². The van der Waals surface area contributed by atoms with Gasteiger partial charge in [-0.2, -0.15) is 13.2 Å². The summed E-state index contributed by atoms with van der Waals surface area (Å²) in [5.41, 5.74) is 7.82. The third-order valence-corrected chi connectivity index (χ3v) is 7.10. The van der Waals surface area contributed by atoms with E-state index in [-0.39, 0.29) is 6.42 Å². The number of nitrogens with one attached hydrogen (secondary N) is 4. The Balaban J connectivity index is 0.00000278. The predicted molar refractivity (Wildman–Crippen MR) is 182 cm³/mol. The van der Waals surface area contributed by atoms with Gasteiger partial charge in [-0.1, -0.05) is 93.1 Å². The van der Waals surface area contributed by atoms with Crippen molar-refractivity contribution in [1.82, 2.24) is 21.3 Å². The minimum Gasteiger partial charge on any atom is -0.382 e. The molecule has 5 amide bonds. The zero-order chi connectivity index (χ0) is 37.3. The Morgan fingerprint density at radius 3 is 1.86 bits per heavy atom. The van der Waals surface area contributed by atoms with E-state index < -0.39 is 79.3 Å². The van der Waals surface area contributed by atoms with E-state index >= 15 is 0 Å². The van der Waals surface area contributed by atoms with Crippen LogP contribution in [0.4, 0.5) is 13.2 Å². The Labute approximate surface area is 289 Å². The molecule has 3 aromatic rings. The lowest BCUT2D eigenvalue weighted by atomic mass is 10.0. The number of carbonyl (C=O) groups is 5. The summed E-state index contributed by atoms with van der Waals surface area (Å²) < 4.78 is 39.5. The number of hydrogen-bond donors (Lipinski definition) is 6. The topological polar surface area (TPSA) is 180 Å². The predicted octanol–water partition coefficient (Wildman–Crippen LogP) is 3.41. The van der Waals surface area contributed by atoms with Gasteiger partial charge in [0.05, 0.1) is 12.6 Å². The second kappa shape index (κ2) is 20.3. The molecule has 0 aromatic heterocycles. The lowest BCUT2D eigenvalue weighted by molar-refractivity contribution is -0.212. The van der Waals surface area contributed by atoms with Crippen LogP contribution in [0.3, 0.4) is 0 Å². The smallest absolute Gasteiger partial charge is 0.382 e. The zero-order valence-corrected chi connectivity index (χ0v) is 28.1. The first-order chi connectivity index (χ1) is 23.7. The third-order valence-electron chi connectivity index (χ3n) is 7.10. The van der Waals surface area contributed by atoms with E-state index in [4.69, 9.17) is 5.73 Å². The van der Waals surface area contributed by atoms with Crippen molar-refractivity contribution in [3.8, 4) is 11.1 Å². The number of carbonyl (C=O) groups excluding carboxylic acids is 5. The Morgan fingerprint density at radius 1 is 0.780 bits per heavy atom. The van der Waals surface area contributed by atoms with Crippen molar-refractivity contribution in [2.45, 2.75) is 76.9 Å². The Hall–Kier alpha value is -5.24. The number of nitrogens with two attached hydrogens (primary N) is 1. The Morgan fingerprint density at radius 2 is 1.32 bits per heavy atom. The molecule has 270 valence electrons. The number of amides is 5. The van der Waals surface area contributed by atoms with Gasteiger partial charge in [-0.3, -0.25) is 24.0 Å². The van der Waals surface area contributed by atoms with Crippen LogP contribution in [0.25, 0.3) is 11.1 Å². The van der Waals surface area contributed by atoms with Gasteiger partial charge in [0.25, 0.3) is 5.91 Å². The number of aliphatic hydroxyl groups is 1. The molecule has 0 aliphatic rings. The molecule has 0 radical (unpaired) electrons. The first kappa shape index (κ1) is 40.9. The molecule has 3 rings (SSSR count). The standard InChI is InChI=1S/C33H36F3N5O6.C3H8/c1-20(30(45)41-25(16-17-27(37)42)29(44)33(34,35)36)39-32(47)26(18-21-8-4-2-5-9-21)40-28(43)19-38-31(46)24-14-12-23(13-15-24)22-10-6-3-7-11-22;1-3-2/h2-15,20,25-26,29,44H,16-19H2,1H3,(H2,37,42)(H,38,46)(H,39,47)(H,40,43)(H,41,45);3H2,1-2H3/t20-,25?,26+,29?;/m1./s1. The third kappa shape index (κ3) is 14.1. The lowest BCUT2D eigenvalue weighted by Crippen LogP contribution is -2.57. The second-order valence-electron chi connectivity index (χ2n) is 11.5. The van der Waals surface area contributed by atoms with Crippen molar-refractivity contribution in [3.05, 3.63) is 96.1 Å². The summed E-state index contributed by atoms with van der Waals surface area (Å²) in [5, 5.41) is 19.1. The minimum absolute atomic E-state index is 0.0182. The van der Waals surface area contributed by atoms with Crippen molar-refractivity contribution in [2.75, 3.05) is 6.54 Å². The molecule has 0 fully saturated rings. The van der Waals surface area contributed by atoms with E-state index in [1.165, 1.54) is 13.3 Å². The molecule has 7 N–H and O–H groups in total. The fraction of sp³-hybridized carbons (Fsp3) is 0.361. The van der Waals surface area contributed by atoms with Crippen molar-refractivity contribution in [2.24, 2.45) is 5.73 Å². The van der Waals surface area contributed by atoms with Crippen LogP contribution in [0.1, 0.15) is 56.0 Å². The van der Waals surface area contributed by atoms with E-state index in [9.17, 15) is 42.3 Å². The number of rotatable bonds is 15. The Kier molecular flexibility index (Phi) is 16.6. The normalized spacial score (nSPS) is 13.3. The molecule has 3 aromatic carbocycles. The number of hydrogen-bond acceptors (Lipinski definition) is 6. The summed E-state index contributed by atoms with van der Waals surface area (Å²) >= 11 is 0. The molecule has 2 unspecified atom stereocenters. The van der Waals surface area contributed by atoms with Gasteiger partial charge in [0.2, 0.25) is 23.6 Å². The maximum absolute atomic E-state index is 13.2. The quantitative estimate of drug-likeness (QED) is 0.142. The van der Waals surface area contributed by atoms with Gasteiger partial charge in [-0.05, 0) is 42.2 Å². The van der Waals surface area contributed by atoms with Gasteiger partial charge >= 0.3 is 6.18 Å². The monoisotopic (exact) mass is 699 g/mol. The molecule has 0 aliphatic carbocycles. The molecular formula is C36H44F3N5O6. The van der Waals surface area contributed by atoms with Crippen molar-refractivity contribution in [3.63, 3.8) is 0 Å². The van der Waals surface area contributed by atoms with Crippen molar-refractivity contribution < 1.29 is 42.3 Å². The second-order valence-corrected chi connectivity index (χ2v) is 11.5. The fourth-order valence-electron chi connectivity index (χ4n) is 4.53. The maximum Gasteiger partial charge on any atom is 0.416 e. The molecule has 11 nitrogen and oxygen atoms in total. The van der Waals surface area contributed by atoms with Crippen molar-refractivity contribution >= 4 is 29.5 Å². The highest BCUT2D eigenvalue weighted by Gasteiger charge is 2.44. The maximum atomic E-state index is 13.2. The SMILES string of the molecule is CCC.C[C@@H](NC(=O)[C@H](Cc1ccccc1)NC(=O)CNC(=O)c1ccc(-c2ccccc2)cc1)C(=O)NC(CCC(N)=O)C(O)C(F)(F)F. The van der Waals surface area contributed by atoms with Gasteiger partial charge in [-0.15, -0.1) is 0 Å². The van der Waals surface area contributed by atoms with E-state index in [0.29, 0.717) is 11.1 Å². The van der Waals surface area contributed by atoms with E-state index in [1.807, 2.05) is 35.6 Å². The van der Waals surface area contributed by atoms with Crippen molar-refractivity contribution in [1.29, 1.82) is 0 Å². The summed E-state index contributed by atoms with van der Waals surface area (Å²) in [5.74, 6) is -4.09. The molecule has 0 heterocycles. The van der Waals surface area contributed by atoms with Gasteiger partial charge in [0.15, 0.2) is 6.10 Å². The van der Waals surface area contributed by atoms with Crippen LogP contribution in [0.2, 0.25) is 0 Å². The summed E-state index contributed by atoms with van der Waals surface area (Å²) in [6, 6.07) is 20.3. The summed E-state index contributed by atoms with van der Waals surface area (Å²) in [6.45, 7) is 4.97. The Bertz CT molecular complexity index is 1540. The lowest BCUT2D eigenvalue weighted by Gasteiger charge is -2.27. The van der Waals surface area contributed by atoms with Gasteiger partial charge in [0, 0.05) is 18.4 Å². The first-order valence-corrected chi connectivity index (χ1v) is 16.1. The molecular weight excluding hydrogens is 655 g/mol. The summed E-state index contributed by atoms with van der Waals surface area (Å²) in [4.78, 5) is 62.6. The molecule has 14 heteroatoms. The molecule has 0 saturated heterocycles. The van der Waals surface area contributed by atoms with E-state index in [1.54, 1.807) is 54.6 Å². The number of benzene rings is 3. The van der Waals surface area contributed by atoms with Crippen LogP contribution in [0.5, 0.6) is 0 Å². The fourth-order valence-corrected chi connectivity index (χ4v) is 4.53. The van der Waals surface area contributed by atoms with E-state index in [2.05, 4.69) is 29.8 Å². The van der Waals surface area contributed by atoms with Crippen LogP contribution >= 0.6 is 0 Å². The number of alkyl halides is 3. The van der Waals surface area contributed by atoms with Crippen LogP contribution in [0, 0.1) is 0 Å². The van der Waals surface area contributed by atoms with Gasteiger partial charge in [-0.25, -0.2) is 0 Å². The highest BCUT2D eigenvalue weighted by molar-refractivity contribution is 5.98.